The molecule has 0 unspecified atom stereocenters. The number of rotatable bonds is 2. The third-order valence-corrected chi connectivity index (χ3v) is 3.69. The van der Waals surface area contributed by atoms with E-state index in [1.807, 2.05) is 13.0 Å². The van der Waals surface area contributed by atoms with Crippen LogP contribution < -0.4 is 5.56 Å². The summed E-state index contributed by atoms with van der Waals surface area (Å²) in [7, 11) is 0. The van der Waals surface area contributed by atoms with E-state index in [4.69, 9.17) is 4.74 Å². The molecule has 0 saturated carbocycles. The van der Waals surface area contributed by atoms with Gasteiger partial charge >= 0.3 is 0 Å². The summed E-state index contributed by atoms with van der Waals surface area (Å²) in [5, 5.41) is 0.801. The first-order valence-corrected chi connectivity index (χ1v) is 7.08. The Kier molecular flexibility index (Phi) is 3.70. The molecule has 6 nitrogen and oxygen atoms in total. The van der Waals surface area contributed by atoms with Crippen molar-refractivity contribution in [3.05, 3.63) is 40.3 Å². The van der Waals surface area contributed by atoms with Crippen LogP contribution in [0.5, 0.6) is 0 Å². The van der Waals surface area contributed by atoms with E-state index in [9.17, 15) is 9.59 Å². The van der Waals surface area contributed by atoms with Crippen molar-refractivity contribution < 1.29 is 9.53 Å². The number of fused-ring (bicyclic) bond motifs is 1. The monoisotopic (exact) mass is 287 g/mol. The molecule has 0 aliphatic carbocycles. The predicted molar refractivity (Wildman–Crippen MR) is 78.4 cm³/mol. The van der Waals surface area contributed by atoms with E-state index >= 15 is 0 Å². The highest BCUT2D eigenvalue weighted by Crippen LogP contribution is 2.13. The Morgan fingerprint density at radius 3 is 2.86 bits per heavy atom. The summed E-state index contributed by atoms with van der Waals surface area (Å²) < 4.78 is 6.79. The second kappa shape index (κ2) is 5.65. The molecule has 0 N–H and O–H groups in total. The maximum atomic E-state index is 12.6. The van der Waals surface area contributed by atoms with Gasteiger partial charge in [-0.3, -0.25) is 14.2 Å². The Balaban J connectivity index is 2.12. The molecule has 6 heteroatoms. The van der Waals surface area contributed by atoms with Crippen molar-refractivity contribution in [2.75, 3.05) is 26.3 Å². The van der Waals surface area contributed by atoms with Crippen LogP contribution in [0.2, 0.25) is 0 Å². The van der Waals surface area contributed by atoms with Gasteiger partial charge in [0.2, 0.25) is 0 Å². The highest BCUT2D eigenvalue weighted by atomic mass is 16.5. The lowest BCUT2D eigenvalue weighted by molar-refractivity contribution is 0.0301. The summed E-state index contributed by atoms with van der Waals surface area (Å²) in [5.41, 5.74) is 0.544. The average molecular weight is 287 g/mol. The number of hydrogen-bond acceptors (Lipinski definition) is 4. The van der Waals surface area contributed by atoms with Crippen LogP contribution in [0.25, 0.3) is 11.0 Å². The van der Waals surface area contributed by atoms with Crippen LogP contribution in [0, 0.1) is 0 Å². The van der Waals surface area contributed by atoms with Crippen molar-refractivity contribution in [3.8, 4) is 0 Å². The van der Waals surface area contributed by atoms with E-state index in [1.165, 1.54) is 0 Å². The molecule has 0 bridgehead atoms. The van der Waals surface area contributed by atoms with Gasteiger partial charge in [0.1, 0.15) is 11.2 Å². The Labute approximate surface area is 122 Å². The number of hydrogen-bond donors (Lipinski definition) is 0. The van der Waals surface area contributed by atoms with Gasteiger partial charge in [-0.15, -0.1) is 0 Å². The Bertz CT molecular complexity index is 733. The summed E-state index contributed by atoms with van der Waals surface area (Å²) in [6, 6.07) is 5.31. The molecule has 2 aromatic heterocycles. The van der Waals surface area contributed by atoms with Gasteiger partial charge in [-0.2, -0.15) is 0 Å². The minimum Gasteiger partial charge on any atom is -0.378 e. The highest BCUT2D eigenvalue weighted by Gasteiger charge is 2.22. The Morgan fingerprint density at radius 1 is 1.38 bits per heavy atom. The normalized spacial score (nSPS) is 15.4. The minimum atomic E-state index is -0.278. The summed E-state index contributed by atoms with van der Waals surface area (Å²) in [5.74, 6) is -0.226. The van der Waals surface area contributed by atoms with Crippen LogP contribution in [0.4, 0.5) is 0 Å². The van der Waals surface area contributed by atoms with Crippen LogP contribution >= 0.6 is 0 Å². The lowest BCUT2D eigenvalue weighted by Crippen LogP contribution is -2.43. The average Bonchev–Trinajstić information content (AvgIpc) is 2.54. The quantitative estimate of drug-likeness (QED) is 0.823. The molecule has 2 aromatic rings. The standard InChI is InChI=1S/C15H17N3O3/c1-2-18-13-11(4-3-5-16-13)10-12(15(18)20)14(19)17-6-8-21-9-7-17/h3-5,10H,2,6-9H2,1H3. The first-order valence-electron chi connectivity index (χ1n) is 7.08. The number of nitrogens with zero attached hydrogens (tertiary/aromatic N) is 3. The molecule has 0 atom stereocenters. The molecule has 3 heterocycles. The van der Waals surface area contributed by atoms with Gasteiger partial charge in [0.25, 0.3) is 11.5 Å². The summed E-state index contributed by atoms with van der Waals surface area (Å²) >= 11 is 0. The fraction of sp³-hybridized carbons (Fsp3) is 0.400. The van der Waals surface area contributed by atoms with Crippen molar-refractivity contribution in [2.24, 2.45) is 0 Å². The second-order valence-corrected chi connectivity index (χ2v) is 4.93. The molecule has 21 heavy (non-hydrogen) atoms. The molecule has 3 rings (SSSR count). The zero-order valence-corrected chi connectivity index (χ0v) is 11.9. The summed E-state index contributed by atoms with van der Waals surface area (Å²) in [4.78, 5) is 31.0. The van der Waals surface area contributed by atoms with E-state index in [0.29, 0.717) is 38.5 Å². The van der Waals surface area contributed by atoms with Crippen molar-refractivity contribution in [1.82, 2.24) is 14.5 Å². The van der Waals surface area contributed by atoms with Gasteiger partial charge in [-0.05, 0) is 25.1 Å². The third kappa shape index (κ3) is 2.42. The number of carbonyl (C=O) groups excluding carboxylic acids is 1. The van der Waals surface area contributed by atoms with Gasteiger partial charge in [-0.25, -0.2) is 4.98 Å². The molecular weight excluding hydrogens is 270 g/mol. The largest absolute Gasteiger partial charge is 0.378 e. The first-order chi connectivity index (χ1) is 10.2. The van der Waals surface area contributed by atoms with Crippen molar-refractivity contribution >= 4 is 16.9 Å². The third-order valence-electron chi connectivity index (χ3n) is 3.69. The summed E-state index contributed by atoms with van der Waals surface area (Å²) in [6.07, 6.45) is 1.65. The second-order valence-electron chi connectivity index (χ2n) is 4.93. The van der Waals surface area contributed by atoms with Crippen molar-refractivity contribution in [3.63, 3.8) is 0 Å². The lowest BCUT2D eigenvalue weighted by Gasteiger charge is -2.26. The van der Waals surface area contributed by atoms with E-state index in [1.54, 1.807) is 27.8 Å². The van der Waals surface area contributed by atoms with Crippen molar-refractivity contribution in [2.45, 2.75) is 13.5 Å². The predicted octanol–water partition coefficient (Wildman–Crippen LogP) is 0.889. The van der Waals surface area contributed by atoms with Gasteiger partial charge in [0, 0.05) is 31.2 Å². The molecule has 0 spiro atoms. The molecule has 1 saturated heterocycles. The molecule has 0 radical (unpaired) electrons. The van der Waals surface area contributed by atoms with Gasteiger partial charge in [0.15, 0.2) is 0 Å². The molecular formula is C15H17N3O3. The van der Waals surface area contributed by atoms with Crippen LogP contribution in [0.1, 0.15) is 17.3 Å². The van der Waals surface area contributed by atoms with E-state index in [0.717, 1.165) is 5.39 Å². The lowest BCUT2D eigenvalue weighted by atomic mass is 10.1. The zero-order valence-electron chi connectivity index (χ0n) is 11.9. The fourth-order valence-corrected chi connectivity index (χ4v) is 2.59. The van der Waals surface area contributed by atoms with Crippen LogP contribution in [0.3, 0.4) is 0 Å². The highest BCUT2D eigenvalue weighted by molar-refractivity contribution is 5.97. The number of morpholine rings is 1. The number of pyridine rings is 2. The Morgan fingerprint density at radius 2 is 2.14 bits per heavy atom. The number of aryl methyl sites for hydroxylation is 1. The molecule has 110 valence electrons. The molecule has 0 aromatic carbocycles. The molecule has 1 aliphatic heterocycles. The molecule has 1 aliphatic rings. The van der Waals surface area contributed by atoms with Crippen LogP contribution in [-0.2, 0) is 11.3 Å². The topological polar surface area (TPSA) is 64.4 Å². The smallest absolute Gasteiger partial charge is 0.265 e. The van der Waals surface area contributed by atoms with Crippen LogP contribution in [0.15, 0.2) is 29.2 Å². The van der Waals surface area contributed by atoms with E-state index in [-0.39, 0.29) is 17.0 Å². The van der Waals surface area contributed by atoms with Gasteiger partial charge in [-0.1, -0.05) is 0 Å². The SMILES string of the molecule is CCn1c(=O)c(C(=O)N2CCOCC2)cc2cccnc21. The first kappa shape index (κ1) is 13.8. The van der Waals surface area contributed by atoms with E-state index in [2.05, 4.69) is 4.98 Å². The van der Waals surface area contributed by atoms with Gasteiger partial charge in [0.05, 0.1) is 13.2 Å². The fourth-order valence-electron chi connectivity index (χ4n) is 2.59. The maximum Gasteiger partial charge on any atom is 0.265 e. The number of carbonyl (C=O) groups is 1. The molecule has 1 fully saturated rings. The minimum absolute atomic E-state index is 0.208. The Hall–Kier alpha value is -2.21. The number of aromatic nitrogens is 2. The summed E-state index contributed by atoms with van der Waals surface area (Å²) in [6.45, 7) is 4.44. The van der Waals surface area contributed by atoms with E-state index < -0.39 is 0 Å². The number of amides is 1. The number of ether oxygens (including phenoxy) is 1. The van der Waals surface area contributed by atoms with Gasteiger partial charge < -0.3 is 9.64 Å². The van der Waals surface area contributed by atoms with Crippen LogP contribution in [-0.4, -0.2) is 46.7 Å². The maximum absolute atomic E-state index is 12.6. The zero-order chi connectivity index (χ0) is 14.8. The van der Waals surface area contributed by atoms with Crippen molar-refractivity contribution in [1.29, 1.82) is 0 Å². The molecule has 1 amide bonds.